The number of pyridine rings is 1. The van der Waals surface area contributed by atoms with Crippen molar-refractivity contribution in [3.8, 4) is 0 Å². The van der Waals surface area contributed by atoms with Gasteiger partial charge in [0.25, 0.3) is 5.91 Å². The maximum atomic E-state index is 11.5. The fourth-order valence-electron chi connectivity index (χ4n) is 2.59. The number of piperidine rings is 1. The summed E-state index contributed by atoms with van der Waals surface area (Å²) >= 11 is 0. The lowest BCUT2D eigenvalue weighted by atomic mass is 10.0. The van der Waals surface area contributed by atoms with E-state index in [1.165, 1.54) is 12.8 Å². The van der Waals surface area contributed by atoms with Crippen molar-refractivity contribution in [3.05, 3.63) is 29.6 Å². The van der Waals surface area contributed by atoms with E-state index in [9.17, 15) is 4.79 Å². The van der Waals surface area contributed by atoms with Crippen LogP contribution in [0.25, 0.3) is 0 Å². The maximum Gasteiger partial charge on any atom is 0.283 e. The molecule has 1 aliphatic rings. The third-order valence-electron chi connectivity index (χ3n) is 3.77. The Morgan fingerprint density at radius 1 is 1.55 bits per heavy atom. The highest BCUT2D eigenvalue weighted by molar-refractivity contribution is 5.91. The maximum absolute atomic E-state index is 11.5. The molecule has 2 heterocycles. The number of hydrogen-bond donors (Lipinski definition) is 2. The van der Waals surface area contributed by atoms with Gasteiger partial charge in [-0.1, -0.05) is 6.07 Å². The molecule has 1 aliphatic heterocycles. The highest BCUT2D eigenvalue weighted by Crippen LogP contribution is 2.15. The summed E-state index contributed by atoms with van der Waals surface area (Å²) < 4.78 is 0. The molecule has 1 amide bonds. The van der Waals surface area contributed by atoms with Crippen molar-refractivity contribution in [1.82, 2.24) is 20.2 Å². The standard InChI is InChI=1S/C14H23N5O/c1-18(2)12-6-4-8-19(10-12)9-11-5-3-7-13(16-11)14(20)17-15/h3,5,7,12H,4,6,8-10,15H2,1-2H3,(H,17,20). The summed E-state index contributed by atoms with van der Waals surface area (Å²) in [5.41, 5.74) is 3.39. The molecule has 6 heteroatoms. The van der Waals surface area contributed by atoms with Crippen molar-refractivity contribution >= 4 is 5.91 Å². The summed E-state index contributed by atoms with van der Waals surface area (Å²) in [5, 5.41) is 0. The minimum atomic E-state index is -0.350. The van der Waals surface area contributed by atoms with Gasteiger partial charge in [-0.25, -0.2) is 10.8 Å². The molecule has 6 nitrogen and oxygen atoms in total. The van der Waals surface area contributed by atoms with Gasteiger partial charge in [-0.05, 0) is 45.6 Å². The van der Waals surface area contributed by atoms with Gasteiger partial charge in [-0.3, -0.25) is 15.1 Å². The van der Waals surface area contributed by atoms with Crippen LogP contribution in [0.4, 0.5) is 0 Å². The lowest BCUT2D eigenvalue weighted by Gasteiger charge is -2.35. The number of likely N-dealkylation sites (N-methyl/N-ethyl adjacent to an activating group) is 1. The van der Waals surface area contributed by atoms with Gasteiger partial charge in [0.1, 0.15) is 5.69 Å². The first-order valence-corrected chi connectivity index (χ1v) is 6.96. The highest BCUT2D eigenvalue weighted by Gasteiger charge is 2.21. The minimum absolute atomic E-state index is 0.350. The zero-order chi connectivity index (χ0) is 14.5. The summed E-state index contributed by atoms with van der Waals surface area (Å²) in [6, 6.07) is 6.07. The molecule has 1 aromatic heterocycles. The van der Waals surface area contributed by atoms with Gasteiger partial charge < -0.3 is 4.90 Å². The number of carbonyl (C=O) groups is 1. The van der Waals surface area contributed by atoms with Crippen molar-refractivity contribution in [2.75, 3.05) is 27.2 Å². The second kappa shape index (κ2) is 6.78. The quantitative estimate of drug-likeness (QED) is 0.467. The first kappa shape index (κ1) is 14.9. The van der Waals surface area contributed by atoms with Crippen LogP contribution in [-0.2, 0) is 6.54 Å². The van der Waals surface area contributed by atoms with Crippen molar-refractivity contribution in [2.45, 2.75) is 25.4 Å². The van der Waals surface area contributed by atoms with Crippen LogP contribution >= 0.6 is 0 Å². The zero-order valence-electron chi connectivity index (χ0n) is 12.2. The summed E-state index contributed by atoms with van der Waals surface area (Å²) in [5.74, 6) is 4.78. The SMILES string of the molecule is CN(C)C1CCCN(Cc2cccc(C(=O)NN)n2)C1. The first-order chi connectivity index (χ1) is 9.60. The van der Waals surface area contributed by atoms with Crippen LogP contribution in [-0.4, -0.2) is 53.9 Å². The number of hydrogen-bond acceptors (Lipinski definition) is 5. The van der Waals surface area contributed by atoms with Crippen LogP contribution in [0, 0.1) is 0 Å². The molecule has 1 fully saturated rings. The number of nitrogens with zero attached hydrogens (tertiary/aromatic N) is 3. The second-order valence-electron chi connectivity index (χ2n) is 5.48. The van der Waals surface area contributed by atoms with E-state index in [-0.39, 0.29) is 5.91 Å². The third-order valence-corrected chi connectivity index (χ3v) is 3.77. The van der Waals surface area contributed by atoms with E-state index in [4.69, 9.17) is 5.84 Å². The van der Waals surface area contributed by atoms with Crippen molar-refractivity contribution < 1.29 is 4.79 Å². The number of likely N-dealkylation sites (tertiary alicyclic amines) is 1. The van der Waals surface area contributed by atoms with E-state index in [0.717, 1.165) is 25.3 Å². The molecule has 3 N–H and O–H groups in total. The molecule has 0 saturated carbocycles. The van der Waals surface area contributed by atoms with E-state index in [1.807, 2.05) is 12.1 Å². The minimum Gasteiger partial charge on any atom is -0.305 e. The number of nitrogens with two attached hydrogens (primary N) is 1. The molecule has 1 unspecified atom stereocenters. The molecule has 0 aromatic carbocycles. The van der Waals surface area contributed by atoms with Gasteiger partial charge in [-0.2, -0.15) is 0 Å². The molecule has 1 aromatic rings. The molecule has 0 radical (unpaired) electrons. The molecule has 110 valence electrons. The molecule has 20 heavy (non-hydrogen) atoms. The number of rotatable bonds is 4. The van der Waals surface area contributed by atoms with Gasteiger partial charge in [0, 0.05) is 19.1 Å². The smallest absolute Gasteiger partial charge is 0.283 e. The molecule has 0 spiro atoms. The number of hydrazine groups is 1. The van der Waals surface area contributed by atoms with E-state index >= 15 is 0 Å². The molecule has 2 rings (SSSR count). The average molecular weight is 277 g/mol. The van der Waals surface area contributed by atoms with Crippen molar-refractivity contribution in [2.24, 2.45) is 5.84 Å². The van der Waals surface area contributed by atoms with E-state index in [1.54, 1.807) is 6.07 Å². The Hall–Kier alpha value is -1.50. The van der Waals surface area contributed by atoms with Crippen molar-refractivity contribution in [1.29, 1.82) is 0 Å². The van der Waals surface area contributed by atoms with Gasteiger partial charge in [0.2, 0.25) is 0 Å². The van der Waals surface area contributed by atoms with Gasteiger partial charge in [0.15, 0.2) is 0 Å². The Balaban J connectivity index is 2.01. The Morgan fingerprint density at radius 2 is 2.35 bits per heavy atom. The Labute approximate surface area is 119 Å². The van der Waals surface area contributed by atoms with Crippen LogP contribution in [0.3, 0.4) is 0 Å². The van der Waals surface area contributed by atoms with Crippen LogP contribution in [0.15, 0.2) is 18.2 Å². The molecule has 1 saturated heterocycles. The van der Waals surface area contributed by atoms with E-state index in [2.05, 4.69) is 34.3 Å². The lowest BCUT2D eigenvalue weighted by Crippen LogP contribution is -2.44. The monoisotopic (exact) mass is 277 g/mol. The zero-order valence-corrected chi connectivity index (χ0v) is 12.2. The Morgan fingerprint density at radius 3 is 3.05 bits per heavy atom. The number of amides is 1. The van der Waals surface area contributed by atoms with Crippen LogP contribution in [0.1, 0.15) is 29.0 Å². The van der Waals surface area contributed by atoms with Gasteiger partial charge in [-0.15, -0.1) is 0 Å². The number of nitrogens with one attached hydrogen (secondary N) is 1. The second-order valence-corrected chi connectivity index (χ2v) is 5.48. The highest BCUT2D eigenvalue weighted by atomic mass is 16.2. The van der Waals surface area contributed by atoms with Crippen LogP contribution in [0.5, 0.6) is 0 Å². The molecule has 1 atom stereocenters. The van der Waals surface area contributed by atoms with Crippen LogP contribution < -0.4 is 11.3 Å². The average Bonchev–Trinajstić information content (AvgIpc) is 2.47. The van der Waals surface area contributed by atoms with E-state index in [0.29, 0.717) is 11.7 Å². The Bertz CT molecular complexity index is 463. The fraction of sp³-hybridized carbons (Fsp3) is 0.571. The summed E-state index contributed by atoms with van der Waals surface area (Å²) in [6.45, 7) is 2.90. The third kappa shape index (κ3) is 3.75. The lowest BCUT2D eigenvalue weighted by molar-refractivity contribution is 0.0947. The van der Waals surface area contributed by atoms with E-state index < -0.39 is 0 Å². The summed E-state index contributed by atoms with van der Waals surface area (Å²) in [7, 11) is 4.25. The van der Waals surface area contributed by atoms with Gasteiger partial charge >= 0.3 is 0 Å². The van der Waals surface area contributed by atoms with Crippen molar-refractivity contribution in [3.63, 3.8) is 0 Å². The predicted octanol–water partition coefficient (Wildman–Crippen LogP) is 0.211. The predicted molar refractivity (Wildman–Crippen MR) is 77.9 cm³/mol. The largest absolute Gasteiger partial charge is 0.305 e. The fourth-order valence-corrected chi connectivity index (χ4v) is 2.59. The number of aromatic nitrogens is 1. The summed E-state index contributed by atoms with van der Waals surface area (Å²) in [4.78, 5) is 20.5. The van der Waals surface area contributed by atoms with Gasteiger partial charge in [0.05, 0.1) is 5.69 Å². The molecule has 0 bridgehead atoms. The van der Waals surface area contributed by atoms with Crippen LogP contribution in [0.2, 0.25) is 0 Å². The topological polar surface area (TPSA) is 74.5 Å². The Kier molecular flexibility index (Phi) is 5.05. The molecule has 0 aliphatic carbocycles. The molecular weight excluding hydrogens is 254 g/mol. The number of carbonyl (C=O) groups excluding carboxylic acids is 1. The summed E-state index contributed by atoms with van der Waals surface area (Å²) in [6.07, 6.45) is 2.44. The first-order valence-electron chi connectivity index (χ1n) is 6.96. The normalized spacial score (nSPS) is 20.1. The molecular formula is C14H23N5O. The number of nitrogen functional groups attached to an aromatic ring is 1.